The second-order valence-electron chi connectivity index (χ2n) is 3.63. The van der Waals surface area contributed by atoms with Crippen molar-refractivity contribution in [3.8, 4) is 0 Å². The summed E-state index contributed by atoms with van der Waals surface area (Å²) in [5, 5.41) is 2.79. The topological polar surface area (TPSA) is 29.1 Å². The lowest BCUT2D eigenvalue weighted by molar-refractivity contribution is -0.118. The molecular weight excluding hydrogens is 265 g/mol. The van der Waals surface area contributed by atoms with Crippen LogP contribution in [0.5, 0.6) is 0 Å². The fourth-order valence-electron chi connectivity index (χ4n) is 1.52. The second kappa shape index (κ2) is 3.24. The minimum Gasteiger partial charge on any atom is -0.324 e. The number of rotatable bonds is 0. The highest BCUT2D eigenvalue weighted by Gasteiger charge is 2.35. The molecule has 0 spiro atoms. The standard InChI is InChI=1S/C10H9BrClNO/c1-10(12)5-6-4-7(11)2-3-8(6)13-9(10)14/h2-4H,5H2,1H3,(H,13,14). The van der Waals surface area contributed by atoms with Gasteiger partial charge in [0.1, 0.15) is 4.87 Å². The van der Waals surface area contributed by atoms with Crippen LogP contribution >= 0.6 is 27.5 Å². The molecule has 0 aromatic heterocycles. The molecule has 0 radical (unpaired) electrons. The van der Waals surface area contributed by atoms with Crippen LogP contribution in [0.2, 0.25) is 0 Å². The minimum absolute atomic E-state index is 0.131. The maximum atomic E-state index is 11.5. The van der Waals surface area contributed by atoms with Crippen LogP contribution in [0, 0.1) is 0 Å². The highest BCUT2D eigenvalue weighted by Crippen LogP contribution is 2.33. The lowest BCUT2D eigenvalue weighted by Crippen LogP contribution is -2.40. The molecule has 1 aromatic rings. The monoisotopic (exact) mass is 273 g/mol. The average molecular weight is 275 g/mol. The third-order valence-electron chi connectivity index (χ3n) is 2.31. The van der Waals surface area contributed by atoms with E-state index in [2.05, 4.69) is 21.2 Å². The van der Waals surface area contributed by atoms with Gasteiger partial charge in [-0.3, -0.25) is 4.79 Å². The number of benzene rings is 1. The van der Waals surface area contributed by atoms with E-state index in [9.17, 15) is 4.79 Å². The van der Waals surface area contributed by atoms with Crippen molar-refractivity contribution in [3.63, 3.8) is 0 Å². The number of hydrogen-bond acceptors (Lipinski definition) is 1. The van der Waals surface area contributed by atoms with Gasteiger partial charge in [-0.25, -0.2) is 0 Å². The van der Waals surface area contributed by atoms with Crippen LogP contribution in [0.4, 0.5) is 5.69 Å². The number of carbonyl (C=O) groups excluding carboxylic acids is 1. The summed E-state index contributed by atoms with van der Waals surface area (Å²) in [4.78, 5) is 10.7. The van der Waals surface area contributed by atoms with Gasteiger partial charge in [-0.15, -0.1) is 11.6 Å². The average Bonchev–Trinajstić information content (AvgIpc) is 2.07. The predicted molar refractivity (Wildman–Crippen MR) is 60.7 cm³/mol. The first kappa shape index (κ1) is 9.99. The number of hydrogen-bond donors (Lipinski definition) is 1. The van der Waals surface area contributed by atoms with Crippen LogP contribution in [0.25, 0.3) is 0 Å². The first-order valence-electron chi connectivity index (χ1n) is 4.28. The molecule has 1 aliphatic heterocycles. The number of nitrogens with one attached hydrogen (secondary N) is 1. The Bertz CT molecular complexity index is 403. The molecule has 14 heavy (non-hydrogen) atoms. The molecule has 0 saturated carbocycles. The van der Waals surface area contributed by atoms with Crippen molar-refractivity contribution >= 4 is 39.1 Å². The molecule has 2 rings (SSSR count). The van der Waals surface area contributed by atoms with Crippen molar-refractivity contribution in [1.29, 1.82) is 0 Å². The van der Waals surface area contributed by atoms with Crippen LogP contribution in [-0.4, -0.2) is 10.8 Å². The molecule has 1 amide bonds. The fourth-order valence-corrected chi connectivity index (χ4v) is 2.12. The Kier molecular flexibility index (Phi) is 2.32. The number of amides is 1. The third-order valence-corrected chi connectivity index (χ3v) is 3.11. The molecule has 1 aromatic carbocycles. The van der Waals surface area contributed by atoms with E-state index >= 15 is 0 Å². The van der Waals surface area contributed by atoms with Crippen LogP contribution in [0.3, 0.4) is 0 Å². The van der Waals surface area contributed by atoms with Gasteiger partial charge in [0.25, 0.3) is 0 Å². The maximum Gasteiger partial charge on any atom is 0.245 e. The quantitative estimate of drug-likeness (QED) is 0.724. The predicted octanol–water partition coefficient (Wildman–Crippen LogP) is 2.94. The second-order valence-corrected chi connectivity index (χ2v) is 5.38. The first-order valence-corrected chi connectivity index (χ1v) is 5.45. The maximum absolute atomic E-state index is 11.5. The molecule has 1 unspecified atom stereocenters. The molecule has 74 valence electrons. The van der Waals surface area contributed by atoms with E-state index in [0.717, 1.165) is 15.7 Å². The molecular formula is C10H9BrClNO. The Labute approximate surface area is 95.8 Å². The van der Waals surface area contributed by atoms with Crippen molar-refractivity contribution in [2.75, 3.05) is 5.32 Å². The summed E-state index contributed by atoms with van der Waals surface area (Å²) >= 11 is 9.46. The van der Waals surface area contributed by atoms with Gasteiger partial charge in [-0.2, -0.15) is 0 Å². The summed E-state index contributed by atoms with van der Waals surface area (Å²) in [5.41, 5.74) is 1.92. The molecule has 0 saturated heterocycles. The summed E-state index contributed by atoms with van der Waals surface area (Å²) in [6.45, 7) is 1.73. The Morgan fingerprint density at radius 1 is 1.57 bits per heavy atom. The van der Waals surface area contributed by atoms with E-state index < -0.39 is 4.87 Å². The van der Waals surface area contributed by atoms with E-state index in [-0.39, 0.29) is 5.91 Å². The van der Waals surface area contributed by atoms with Gasteiger partial charge < -0.3 is 5.32 Å². The Morgan fingerprint density at radius 3 is 3.00 bits per heavy atom. The van der Waals surface area contributed by atoms with E-state index in [1.54, 1.807) is 6.92 Å². The highest BCUT2D eigenvalue weighted by atomic mass is 79.9. The van der Waals surface area contributed by atoms with Gasteiger partial charge in [0.15, 0.2) is 0 Å². The summed E-state index contributed by atoms with van der Waals surface area (Å²) in [6.07, 6.45) is 0.565. The van der Waals surface area contributed by atoms with Gasteiger partial charge in [-0.1, -0.05) is 15.9 Å². The van der Waals surface area contributed by atoms with E-state index in [4.69, 9.17) is 11.6 Å². The van der Waals surface area contributed by atoms with E-state index in [1.165, 1.54) is 0 Å². The van der Waals surface area contributed by atoms with Crippen LogP contribution in [0.1, 0.15) is 12.5 Å². The minimum atomic E-state index is -0.826. The van der Waals surface area contributed by atoms with Crippen molar-refractivity contribution in [1.82, 2.24) is 0 Å². The van der Waals surface area contributed by atoms with Gasteiger partial charge in [0, 0.05) is 16.6 Å². The first-order chi connectivity index (χ1) is 6.49. The summed E-state index contributed by atoms with van der Waals surface area (Å²) < 4.78 is 1.000. The Hall–Kier alpha value is -0.540. The van der Waals surface area contributed by atoms with Crippen molar-refractivity contribution in [3.05, 3.63) is 28.2 Å². The summed E-state index contributed by atoms with van der Waals surface area (Å²) in [7, 11) is 0. The highest BCUT2D eigenvalue weighted by molar-refractivity contribution is 9.10. The lowest BCUT2D eigenvalue weighted by atomic mass is 9.94. The Balaban J connectivity index is 2.46. The molecule has 0 fully saturated rings. The van der Waals surface area contributed by atoms with Gasteiger partial charge in [0.05, 0.1) is 0 Å². The van der Waals surface area contributed by atoms with Crippen molar-refractivity contribution in [2.45, 2.75) is 18.2 Å². The molecule has 2 nitrogen and oxygen atoms in total. The fraction of sp³-hybridized carbons (Fsp3) is 0.300. The van der Waals surface area contributed by atoms with Crippen molar-refractivity contribution in [2.24, 2.45) is 0 Å². The van der Waals surface area contributed by atoms with Crippen molar-refractivity contribution < 1.29 is 4.79 Å². The molecule has 1 aliphatic rings. The van der Waals surface area contributed by atoms with E-state index in [0.29, 0.717) is 6.42 Å². The molecule has 4 heteroatoms. The van der Waals surface area contributed by atoms with Gasteiger partial charge >= 0.3 is 0 Å². The molecule has 1 N–H and O–H groups in total. The molecule has 1 heterocycles. The number of anilines is 1. The normalized spacial score (nSPS) is 25.5. The van der Waals surface area contributed by atoms with Gasteiger partial charge in [-0.05, 0) is 30.7 Å². The molecule has 1 atom stereocenters. The summed E-state index contributed by atoms with van der Waals surface area (Å²) in [6, 6.07) is 5.76. The smallest absolute Gasteiger partial charge is 0.245 e. The van der Waals surface area contributed by atoms with Crippen LogP contribution in [0.15, 0.2) is 22.7 Å². The molecule has 0 bridgehead atoms. The SMILES string of the molecule is CC1(Cl)Cc2cc(Br)ccc2NC1=O. The molecule has 0 aliphatic carbocycles. The van der Waals surface area contributed by atoms with Crippen LogP contribution in [-0.2, 0) is 11.2 Å². The zero-order valence-electron chi connectivity index (χ0n) is 7.60. The third kappa shape index (κ3) is 1.66. The van der Waals surface area contributed by atoms with E-state index in [1.807, 2.05) is 18.2 Å². The lowest BCUT2D eigenvalue weighted by Gasteiger charge is -2.28. The number of fused-ring (bicyclic) bond motifs is 1. The summed E-state index contributed by atoms with van der Waals surface area (Å²) in [5.74, 6) is -0.131. The Morgan fingerprint density at radius 2 is 2.29 bits per heavy atom. The number of halogens is 2. The van der Waals surface area contributed by atoms with Crippen LogP contribution < -0.4 is 5.32 Å². The zero-order valence-corrected chi connectivity index (χ0v) is 9.95. The largest absolute Gasteiger partial charge is 0.324 e. The number of carbonyl (C=O) groups is 1. The number of alkyl halides is 1. The van der Waals surface area contributed by atoms with Gasteiger partial charge in [0.2, 0.25) is 5.91 Å². The zero-order chi connectivity index (χ0) is 10.3.